The van der Waals surface area contributed by atoms with E-state index in [0.29, 0.717) is 23.3 Å². The number of benzene rings is 1. The fraction of sp³-hybridized carbons (Fsp3) is 0.480. The molecule has 1 aromatic carbocycles. The fourth-order valence-electron chi connectivity index (χ4n) is 4.40. The van der Waals surface area contributed by atoms with Gasteiger partial charge in [0.05, 0.1) is 5.69 Å². The van der Waals surface area contributed by atoms with Crippen LogP contribution >= 0.6 is 11.3 Å². The first-order chi connectivity index (χ1) is 16.5. The van der Waals surface area contributed by atoms with E-state index in [-0.39, 0.29) is 18.2 Å². The molecule has 1 saturated carbocycles. The smallest absolute Gasteiger partial charge is 0.227 e. The molecule has 1 aliphatic carbocycles. The summed E-state index contributed by atoms with van der Waals surface area (Å²) in [6, 6.07) is 8.29. The molecule has 0 atom stereocenters. The molecule has 0 radical (unpaired) electrons. The van der Waals surface area contributed by atoms with E-state index in [1.54, 1.807) is 0 Å². The van der Waals surface area contributed by atoms with Crippen LogP contribution in [0.5, 0.6) is 0 Å². The van der Waals surface area contributed by atoms with Crippen LogP contribution in [-0.4, -0.2) is 26.9 Å². The second-order valence-electron chi connectivity index (χ2n) is 8.83. The number of nitrogens with zero attached hydrogens (tertiary/aromatic N) is 3. The number of aromatic nitrogens is 3. The van der Waals surface area contributed by atoms with Crippen molar-refractivity contribution in [1.29, 1.82) is 0 Å². The Hall–Kier alpha value is -3.07. The molecule has 4 rings (SSSR count). The molecule has 2 N–H and O–H groups in total. The van der Waals surface area contributed by atoms with E-state index in [4.69, 9.17) is 4.52 Å². The lowest BCUT2D eigenvalue weighted by Gasteiger charge is -2.30. The summed E-state index contributed by atoms with van der Waals surface area (Å²) in [5.74, 6) is 0.651. The molecule has 2 aromatic heterocycles. The molecule has 1 aliphatic rings. The third kappa shape index (κ3) is 5.88. The highest BCUT2D eigenvalue weighted by atomic mass is 32.1. The molecule has 1 fully saturated rings. The number of amides is 2. The molecular formula is C25H31N5O3S. The molecule has 0 bridgehead atoms. The van der Waals surface area contributed by atoms with Crippen LogP contribution in [0.3, 0.4) is 0 Å². The Kier molecular flexibility index (Phi) is 7.72. The van der Waals surface area contributed by atoms with Gasteiger partial charge in [0.25, 0.3) is 0 Å². The molecule has 9 heteroatoms. The summed E-state index contributed by atoms with van der Waals surface area (Å²) in [5, 5.41) is 12.6. The van der Waals surface area contributed by atoms with Gasteiger partial charge in [-0.05, 0) is 24.8 Å². The predicted octanol–water partition coefficient (Wildman–Crippen LogP) is 5.01. The van der Waals surface area contributed by atoms with Gasteiger partial charge in [0.2, 0.25) is 17.7 Å². The normalized spacial score (nSPS) is 15.5. The van der Waals surface area contributed by atoms with Crippen LogP contribution in [0.15, 0.2) is 34.2 Å². The molecule has 3 aromatic rings. The first-order valence-corrected chi connectivity index (χ1v) is 12.8. The summed E-state index contributed by atoms with van der Waals surface area (Å²) >= 11 is 1.40. The lowest BCUT2D eigenvalue weighted by molar-refractivity contribution is -0.121. The molecule has 0 spiro atoms. The Balaban J connectivity index is 1.35. The van der Waals surface area contributed by atoms with Crippen LogP contribution in [-0.2, 0) is 28.0 Å². The van der Waals surface area contributed by atoms with E-state index >= 15 is 0 Å². The Morgan fingerprint density at radius 1 is 1.09 bits per heavy atom. The quantitative estimate of drug-likeness (QED) is 0.438. The maximum Gasteiger partial charge on any atom is 0.227 e. The van der Waals surface area contributed by atoms with Gasteiger partial charge in [-0.3, -0.25) is 9.59 Å². The molecule has 0 unspecified atom stereocenters. The van der Waals surface area contributed by atoms with Crippen LogP contribution in [0, 0.1) is 0 Å². The Morgan fingerprint density at radius 3 is 2.50 bits per heavy atom. The number of carbonyl (C=O) groups excluding carboxylic acids is 2. The first kappa shape index (κ1) is 24.1. The minimum Gasteiger partial charge on any atom is -0.343 e. The second-order valence-corrected chi connectivity index (χ2v) is 9.68. The number of thiazole rings is 1. The van der Waals surface area contributed by atoms with E-state index in [2.05, 4.69) is 56.9 Å². The van der Waals surface area contributed by atoms with Crippen molar-refractivity contribution in [3.05, 3.63) is 46.9 Å². The van der Waals surface area contributed by atoms with Crippen molar-refractivity contribution < 1.29 is 14.1 Å². The van der Waals surface area contributed by atoms with Crippen molar-refractivity contribution in [3.8, 4) is 11.3 Å². The van der Waals surface area contributed by atoms with E-state index in [1.807, 2.05) is 5.38 Å². The van der Waals surface area contributed by atoms with Gasteiger partial charge >= 0.3 is 0 Å². The number of nitrogens with one attached hydrogen (secondary N) is 2. The molecule has 2 amide bonds. The summed E-state index contributed by atoms with van der Waals surface area (Å²) in [6.45, 7) is 3.64. The van der Waals surface area contributed by atoms with Crippen LogP contribution in [0.1, 0.15) is 76.1 Å². The molecule has 8 nitrogen and oxygen atoms in total. The van der Waals surface area contributed by atoms with Gasteiger partial charge in [0, 0.05) is 30.7 Å². The van der Waals surface area contributed by atoms with E-state index in [1.165, 1.54) is 23.8 Å². The largest absolute Gasteiger partial charge is 0.343 e. The van der Waals surface area contributed by atoms with Crippen LogP contribution in [0.25, 0.3) is 11.3 Å². The molecule has 0 aliphatic heterocycles. The number of anilines is 1. The average Bonchev–Trinajstić information content (AvgIpc) is 3.44. The third-order valence-corrected chi connectivity index (χ3v) is 7.00. The van der Waals surface area contributed by atoms with Crippen molar-refractivity contribution in [1.82, 2.24) is 20.4 Å². The zero-order valence-corrected chi connectivity index (χ0v) is 20.5. The molecule has 2 heterocycles. The van der Waals surface area contributed by atoms with Crippen LogP contribution < -0.4 is 10.6 Å². The maximum atomic E-state index is 12.5. The SMILES string of the molecule is CCc1ccc(-c2csc(NC(=O)CCc3nc(C4(NC(C)=O)CCCCCC4)no3)n2)cc1. The third-order valence-electron chi connectivity index (χ3n) is 6.24. The van der Waals surface area contributed by atoms with Crippen molar-refractivity contribution >= 4 is 28.3 Å². The summed E-state index contributed by atoms with van der Waals surface area (Å²) < 4.78 is 5.44. The first-order valence-electron chi connectivity index (χ1n) is 11.9. The summed E-state index contributed by atoms with van der Waals surface area (Å²) in [6.07, 6.45) is 7.38. The number of carbonyl (C=O) groups is 2. The van der Waals surface area contributed by atoms with Gasteiger partial charge in [0.1, 0.15) is 5.54 Å². The minimum atomic E-state index is -0.584. The second kappa shape index (κ2) is 10.9. The van der Waals surface area contributed by atoms with Gasteiger partial charge in [-0.15, -0.1) is 11.3 Å². The Labute approximate surface area is 203 Å². The number of hydrogen-bond donors (Lipinski definition) is 2. The van der Waals surface area contributed by atoms with Gasteiger partial charge in [-0.25, -0.2) is 4.98 Å². The molecule has 0 saturated heterocycles. The highest BCUT2D eigenvalue weighted by Gasteiger charge is 2.38. The zero-order chi connectivity index (χ0) is 24.0. The van der Waals surface area contributed by atoms with Gasteiger partial charge < -0.3 is 15.2 Å². The highest BCUT2D eigenvalue weighted by molar-refractivity contribution is 7.14. The number of aryl methyl sites for hydroxylation is 2. The lowest BCUT2D eigenvalue weighted by atomic mass is 9.89. The van der Waals surface area contributed by atoms with Crippen molar-refractivity contribution in [2.24, 2.45) is 0 Å². The van der Waals surface area contributed by atoms with Crippen molar-refractivity contribution in [2.75, 3.05) is 5.32 Å². The van der Waals surface area contributed by atoms with Crippen LogP contribution in [0.2, 0.25) is 0 Å². The summed E-state index contributed by atoms with van der Waals surface area (Å²) in [4.78, 5) is 33.4. The Morgan fingerprint density at radius 2 is 1.82 bits per heavy atom. The molecule has 180 valence electrons. The van der Waals surface area contributed by atoms with E-state index in [9.17, 15) is 9.59 Å². The molecule has 34 heavy (non-hydrogen) atoms. The highest BCUT2D eigenvalue weighted by Crippen LogP contribution is 2.34. The average molecular weight is 482 g/mol. The minimum absolute atomic E-state index is 0.100. The van der Waals surface area contributed by atoms with Crippen LogP contribution in [0.4, 0.5) is 5.13 Å². The summed E-state index contributed by atoms with van der Waals surface area (Å²) in [5.41, 5.74) is 2.56. The van der Waals surface area contributed by atoms with Crippen molar-refractivity contribution in [3.63, 3.8) is 0 Å². The predicted molar refractivity (Wildman–Crippen MR) is 131 cm³/mol. The van der Waals surface area contributed by atoms with Gasteiger partial charge in [0.15, 0.2) is 11.0 Å². The zero-order valence-electron chi connectivity index (χ0n) is 19.7. The van der Waals surface area contributed by atoms with Crippen molar-refractivity contribution in [2.45, 2.75) is 77.2 Å². The van der Waals surface area contributed by atoms with E-state index < -0.39 is 5.54 Å². The van der Waals surface area contributed by atoms with E-state index in [0.717, 1.165) is 56.2 Å². The number of hydrogen-bond acceptors (Lipinski definition) is 7. The Bertz CT molecular complexity index is 1110. The fourth-order valence-corrected chi connectivity index (χ4v) is 5.14. The summed E-state index contributed by atoms with van der Waals surface area (Å²) in [7, 11) is 0. The topological polar surface area (TPSA) is 110 Å². The lowest BCUT2D eigenvalue weighted by Crippen LogP contribution is -2.45. The maximum absolute atomic E-state index is 12.5. The van der Waals surface area contributed by atoms with Gasteiger partial charge in [-0.1, -0.05) is 62.0 Å². The number of rotatable bonds is 8. The molecular weight excluding hydrogens is 450 g/mol. The van der Waals surface area contributed by atoms with Gasteiger partial charge in [-0.2, -0.15) is 4.98 Å². The standard InChI is InChI=1S/C25H31N5O3S/c1-3-18-8-10-19(11-9-18)20-16-34-24(26-20)27-21(32)12-13-22-28-23(30-33-22)25(29-17(2)31)14-6-4-5-7-15-25/h8-11,16H,3-7,12-15H2,1-2H3,(H,29,31)(H,26,27,32). The monoisotopic (exact) mass is 481 g/mol.